The summed E-state index contributed by atoms with van der Waals surface area (Å²) in [6.07, 6.45) is 1.55. The number of nitrogens with zero attached hydrogens (tertiary/aromatic N) is 1. The van der Waals surface area contributed by atoms with Crippen LogP contribution in [0.15, 0.2) is 16.1 Å². The smallest absolute Gasteiger partial charge is 0.211 e. The third-order valence-electron chi connectivity index (χ3n) is 1.65. The summed E-state index contributed by atoms with van der Waals surface area (Å²) in [4.78, 5) is 13.4. The van der Waals surface area contributed by atoms with Gasteiger partial charge < -0.3 is 0 Å². The van der Waals surface area contributed by atoms with E-state index in [1.807, 2.05) is 13.8 Å². The molecular formula is C9H15NO. The van der Waals surface area contributed by atoms with Crippen LogP contribution >= 0.6 is 0 Å². The van der Waals surface area contributed by atoms with Gasteiger partial charge in [-0.05, 0) is 25.3 Å². The van der Waals surface area contributed by atoms with Crippen molar-refractivity contribution in [3.63, 3.8) is 0 Å². The molecule has 62 valence electrons. The zero-order valence-corrected chi connectivity index (χ0v) is 7.64. The zero-order chi connectivity index (χ0) is 8.85. The maximum Gasteiger partial charge on any atom is 0.235 e. The molecule has 0 rings (SSSR count). The molecule has 0 aliphatic heterocycles. The Labute approximate surface area is 68.0 Å². The fraction of sp³-hybridized carbons (Fsp3) is 0.667. The number of isocyanates is 1. The minimum Gasteiger partial charge on any atom is -0.211 e. The van der Waals surface area contributed by atoms with E-state index in [-0.39, 0.29) is 0 Å². The minimum absolute atomic E-state index is 0.470. The summed E-state index contributed by atoms with van der Waals surface area (Å²) >= 11 is 0. The quantitative estimate of drug-likeness (QED) is 0.347. The lowest BCUT2D eigenvalue weighted by Gasteiger charge is -2.09. The third-order valence-corrected chi connectivity index (χ3v) is 1.65. The highest BCUT2D eigenvalue weighted by molar-refractivity contribution is 5.34. The van der Waals surface area contributed by atoms with E-state index in [0.717, 1.165) is 0 Å². The van der Waals surface area contributed by atoms with Crippen molar-refractivity contribution in [1.29, 1.82) is 0 Å². The summed E-state index contributed by atoms with van der Waals surface area (Å²) in [5, 5.41) is 0. The Morgan fingerprint density at radius 1 is 1.45 bits per heavy atom. The molecule has 0 radical (unpaired) electrons. The molecule has 0 aliphatic rings. The summed E-state index contributed by atoms with van der Waals surface area (Å²) < 4.78 is 0. The van der Waals surface area contributed by atoms with Crippen molar-refractivity contribution in [3.05, 3.63) is 11.1 Å². The van der Waals surface area contributed by atoms with Crippen LogP contribution in [-0.4, -0.2) is 12.6 Å². The van der Waals surface area contributed by atoms with Gasteiger partial charge >= 0.3 is 0 Å². The van der Waals surface area contributed by atoms with Gasteiger partial charge in [-0.3, -0.25) is 0 Å². The van der Waals surface area contributed by atoms with E-state index in [4.69, 9.17) is 0 Å². The first-order chi connectivity index (χ1) is 5.09. The predicted octanol–water partition coefficient (Wildman–Crippen LogP) is 2.31. The first-order valence-corrected chi connectivity index (χ1v) is 3.79. The second-order valence-corrected chi connectivity index (χ2v) is 3.09. The van der Waals surface area contributed by atoms with Crippen LogP contribution in [0.2, 0.25) is 0 Å². The lowest BCUT2D eigenvalue weighted by atomic mass is 9.99. The van der Waals surface area contributed by atoms with Crippen LogP contribution in [0.3, 0.4) is 0 Å². The van der Waals surface area contributed by atoms with Crippen molar-refractivity contribution >= 4 is 6.08 Å². The fourth-order valence-corrected chi connectivity index (χ4v) is 1.04. The van der Waals surface area contributed by atoms with Gasteiger partial charge in [-0.1, -0.05) is 19.4 Å². The zero-order valence-electron chi connectivity index (χ0n) is 7.64. The van der Waals surface area contributed by atoms with Crippen molar-refractivity contribution in [2.24, 2.45) is 10.9 Å². The monoisotopic (exact) mass is 153 g/mol. The van der Waals surface area contributed by atoms with Crippen LogP contribution in [0.1, 0.15) is 27.7 Å². The molecule has 0 aliphatic carbocycles. The summed E-state index contributed by atoms with van der Waals surface area (Å²) in [6, 6.07) is 0. The third kappa shape index (κ3) is 3.74. The Hall–Kier alpha value is -0.880. The lowest BCUT2D eigenvalue weighted by Crippen LogP contribution is -2.00. The average molecular weight is 153 g/mol. The molecule has 0 spiro atoms. The van der Waals surface area contributed by atoms with Crippen molar-refractivity contribution in [3.8, 4) is 0 Å². The molecule has 0 atom stereocenters. The minimum atomic E-state index is 0.470. The van der Waals surface area contributed by atoms with Crippen molar-refractivity contribution in [1.82, 2.24) is 0 Å². The molecule has 2 nitrogen and oxygen atoms in total. The molecule has 11 heavy (non-hydrogen) atoms. The van der Waals surface area contributed by atoms with Gasteiger partial charge in [-0.2, -0.15) is 0 Å². The fourth-order valence-electron chi connectivity index (χ4n) is 1.04. The molecule has 0 N–H and O–H groups in total. The molecule has 0 amide bonds. The van der Waals surface area contributed by atoms with E-state index >= 15 is 0 Å². The van der Waals surface area contributed by atoms with Crippen molar-refractivity contribution in [2.75, 3.05) is 6.54 Å². The maximum absolute atomic E-state index is 9.84. The normalized spacial score (nSPS) is 9.18. The highest BCUT2D eigenvalue weighted by Crippen LogP contribution is 2.14. The molecule has 0 aromatic rings. The van der Waals surface area contributed by atoms with Gasteiger partial charge in [0.1, 0.15) is 0 Å². The first kappa shape index (κ1) is 10.1. The van der Waals surface area contributed by atoms with Crippen LogP contribution in [0, 0.1) is 5.92 Å². The van der Waals surface area contributed by atoms with Crippen LogP contribution < -0.4 is 0 Å². The predicted molar refractivity (Wildman–Crippen MR) is 46.2 cm³/mol. The molecule has 0 aromatic heterocycles. The molecule has 0 bridgehead atoms. The van der Waals surface area contributed by atoms with Crippen molar-refractivity contribution < 1.29 is 4.79 Å². The Bertz CT molecular complexity index is 194. The number of hydrogen-bond donors (Lipinski definition) is 0. The summed E-state index contributed by atoms with van der Waals surface area (Å²) in [5.41, 5.74) is 2.48. The Balaban J connectivity index is 4.37. The van der Waals surface area contributed by atoms with Crippen LogP contribution in [0.25, 0.3) is 0 Å². The molecule has 0 fully saturated rings. The SMILES string of the molecule is CC(C)=C(CN=C=O)C(C)C. The molecule has 0 aromatic carbocycles. The van der Waals surface area contributed by atoms with E-state index in [0.29, 0.717) is 12.5 Å². The summed E-state index contributed by atoms with van der Waals surface area (Å²) in [7, 11) is 0. The second kappa shape index (κ2) is 4.86. The summed E-state index contributed by atoms with van der Waals surface area (Å²) in [6.45, 7) is 8.78. The molecular weight excluding hydrogens is 138 g/mol. The number of carbonyl (C=O) groups excluding carboxylic acids is 1. The number of aliphatic imine (C=N–C) groups is 1. The first-order valence-electron chi connectivity index (χ1n) is 3.79. The lowest BCUT2D eigenvalue weighted by molar-refractivity contribution is 0.563. The Kier molecular flexibility index (Phi) is 4.47. The molecule has 0 heterocycles. The maximum atomic E-state index is 9.84. The standard InChI is InChI=1S/C9H15NO/c1-7(2)9(8(3)4)5-10-6-11/h7H,5H2,1-4H3. The van der Waals surface area contributed by atoms with Gasteiger partial charge in [0, 0.05) is 0 Å². The van der Waals surface area contributed by atoms with E-state index in [2.05, 4.69) is 18.8 Å². The van der Waals surface area contributed by atoms with E-state index in [9.17, 15) is 4.79 Å². The van der Waals surface area contributed by atoms with Crippen LogP contribution in [0.4, 0.5) is 0 Å². The summed E-state index contributed by atoms with van der Waals surface area (Å²) in [5.74, 6) is 0.470. The molecule has 0 saturated heterocycles. The molecule has 0 unspecified atom stereocenters. The van der Waals surface area contributed by atoms with Crippen LogP contribution in [0.5, 0.6) is 0 Å². The Morgan fingerprint density at radius 2 is 2.00 bits per heavy atom. The highest BCUT2D eigenvalue weighted by atomic mass is 16.1. The van der Waals surface area contributed by atoms with Gasteiger partial charge in [0.05, 0.1) is 6.54 Å². The van der Waals surface area contributed by atoms with Gasteiger partial charge in [-0.15, -0.1) is 0 Å². The van der Waals surface area contributed by atoms with Gasteiger partial charge in [0.2, 0.25) is 6.08 Å². The van der Waals surface area contributed by atoms with E-state index in [1.165, 1.54) is 11.1 Å². The largest absolute Gasteiger partial charge is 0.235 e. The van der Waals surface area contributed by atoms with E-state index in [1.54, 1.807) is 6.08 Å². The molecule has 0 saturated carbocycles. The van der Waals surface area contributed by atoms with Gasteiger partial charge in [0.25, 0.3) is 0 Å². The average Bonchev–Trinajstić information content (AvgIpc) is 1.87. The number of rotatable bonds is 3. The number of hydrogen-bond acceptors (Lipinski definition) is 2. The van der Waals surface area contributed by atoms with E-state index < -0.39 is 0 Å². The Morgan fingerprint density at radius 3 is 2.27 bits per heavy atom. The van der Waals surface area contributed by atoms with Crippen LogP contribution in [-0.2, 0) is 4.79 Å². The highest BCUT2D eigenvalue weighted by Gasteiger charge is 2.03. The van der Waals surface area contributed by atoms with Crippen molar-refractivity contribution in [2.45, 2.75) is 27.7 Å². The molecule has 2 heteroatoms. The second-order valence-electron chi connectivity index (χ2n) is 3.09. The van der Waals surface area contributed by atoms with Gasteiger partial charge in [-0.25, -0.2) is 9.79 Å². The van der Waals surface area contributed by atoms with Gasteiger partial charge in [0.15, 0.2) is 0 Å². The number of allylic oxidation sites excluding steroid dienone is 1. The topological polar surface area (TPSA) is 29.4 Å².